The molecule has 0 unspecified atom stereocenters. The molecule has 1 saturated carbocycles. The molecule has 0 aromatic carbocycles. The van der Waals surface area contributed by atoms with E-state index in [2.05, 4.69) is 95.9 Å². The lowest BCUT2D eigenvalue weighted by atomic mass is 10.0. The van der Waals surface area contributed by atoms with Gasteiger partial charge < -0.3 is 38.7 Å². The number of amides is 1. The van der Waals surface area contributed by atoms with Crippen molar-refractivity contribution in [2.24, 2.45) is 17.8 Å². The largest absolute Gasteiger partial charge is 0.378 e. The van der Waals surface area contributed by atoms with Gasteiger partial charge in [0.1, 0.15) is 5.78 Å². The molecule has 4 heterocycles. The maximum Gasteiger partial charge on any atom is 0.222 e. The predicted octanol–water partition coefficient (Wildman–Crippen LogP) is 11.6. The first-order valence-corrected chi connectivity index (χ1v) is 25.6. The molecule has 10 heteroatoms. The number of hydrogen-bond acceptors (Lipinski definition) is 9. The van der Waals surface area contributed by atoms with E-state index in [1.165, 1.54) is 116 Å². The van der Waals surface area contributed by atoms with Gasteiger partial charge in [0.05, 0.1) is 31.5 Å². The van der Waals surface area contributed by atoms with Crippen molar-refractivity contribution in [2.75, 3.05) is 112 Å². The Morgan fingerprint density at radius 2 is 0.922 bits per heavy atom. The standard InChI is InChI=1S/C12H23NO.C11H22N2O.C10H21NO.C9H19NO.C9H18O.3CH4/c1-11(2)10-12(14)6-9-13-7-4-3-5-8-13;1-10(2)4-5-11(14)13-8-6-12(3)7-9-13;1-10(2)12-9-8-11-6-4-3-5-7-11;1-9(2)11-8-7-10-5-3-4-6-10;1-8(2)7-10-9-5-3-4-6-9;;;/h11H,3-10H2,1-2H3;10H,4-9H2,1-3H3;10H,3-9H2,1-2H3;9H,3-8H2,1-2H3;8-9H,3-7H2,1-2H3;3*1H4. The molecule has 4 saturated heterocycles. The topological polar surface area (TPSA) is 78.0 Å². The van der Waals surface area contributed by atoms with Crippen LogP contribution in [0, 0.1) is 17.8 Å². The monoisotopic (exact) mass is 914 g/mol. The smallest absolute Gasteiger partial charge is 0.222 e. The Bertz CT molecular complexity index is 1010. The Balaban J connectivity index is -0.000000722. The summed E-state index contributed by atoms with van der Waals surface area (Å²) < 4.78 is 16.6. The second-order valence-corrected chi connectivity index (χ2v) is 20.3. The quantitative estimate of drug-likeness (QED) is 0.126. The number of piperidine rings is 2. The molecule has 0 aromatic rings. The Morgan fingerprint density at radius 1 is 0.500 bits per heavy atom. The van der Waals surface area contributed by atoms with E-state index in [1.54, 1.807) is 0 Å². The molecule has 5 fully saturated rings. The lowest BCUT2D eigenvalue weighted by Gasteiger charge is -2.32. The summed E-state index contributed by atoms with van der Waals surface area (Å²) in [6, 6.07) is 0. The molecule has 5 rings (SSSR count). The van der Waals surface area contributed by atoms with E-state index in [-0.39, 0.29) is 22.3 Å². The molecular weight excluding hydrogens is 799 g/mol. The summed E-state index contributed by atoms with van der Waals surface area (Å²) in [5, 5.41) is 0. The number of hydrogen-bond donors (Lipinski definition) is 0. The fourth-order valence-corrected chi connectivity index (χ4v) is 8.06. The van der Waals surface area contributed by atoms with Crippen LogP contribution in [0.1, 0.15) is 194 Å². The molecular formula is C54H115N5O5. The molecule has 386 valence electrons. The van der Waals surface area contributed by atoms with E-state index in [1.807, 2.05) is 4.90 Å². The third-order valence-corrected chi connectivity index (χ3v) is 11.9. The van der Waals surface area contributed by atoms with Gasteiger partial charge in [-0.25, -0.2) is 0 Å². The summed E-state index contributed by atoms with van der Waals surface area (Å²) in [4.78, 5) is 34.9. The Morgan fingerprint density at radius 3 is 1.31 bits per heavy atom. The van der Waals surface area contributed by atoms with Crippen LogP contribution in [-0.2, 0) is 23.8 Å². The van der Waals surface area contributed by atoms with Crippen molar-refractivity contribution in [1.29, 1.82) is 0 Å². The summed E-state index contributed by atoms with van der Waals surface area (Å²) in [5.74, 6) is 2.62. The molecule has 64 heavy (non-hydrogen) atoms. The third kappa shape index (κ3) is 40.0. The number of likely N-dealkylation sites (tertiary alicyclic amines) is 3. The Hall–Kier alpha value is -1.14. The number of ether oxygens (including phenoxy) is 3. The zero-order chi connectivity index (χ0) is 45.3. The van der Waals surface area contributed by atoms with Crippen molar-refractivity contribution >= 4 is 11.7 Å². The van der Waals surface area contributed by atoms with Crippen LogP contribution in [0.3, 0.4) is 0 Å². The van der Waals surface area contributed by atoms with Crippen molar-refractivity contribution < 1.29 is 23.8 Å². The van der Waals surface area contributed by atoms with Crippen LogP contribution >= 0.6 is 0 Å². The number of ketones is 1. The van der Waals surface area contributed by atoms with Crippen LogP contribution in [-0.4, -0.2) is 166 Å². The van der Waals surface area contributed by atoms with Gasteiger partial charge in [0.2, 0.25) is 5.91 Å². The van der Waals surface area contributed by atoms with Gasteiger partial charge in [-0.15, -0.1) is 0 Å². The summed E-state index contributed by atoms with van der Waals surface area (Å²) in [6.07, 6.45) is 20.9. The van der Waals surface area contributed by atoms with Crippen LogP contribution in [0.5, 0.6) is 0 Å². The third-order valence-electron chi connectivity index (χ3n) is 11.9. The van der Waals surface area contributed by atoms with Crippen LogP contribution in [0.2, 0.25) is 0 Å². The molecule has 1 amide bonds. The van der Waals surface area contributed by atoms with Gasteiger partial charge in [0.25, 0.3) is 0 Å². The van der Waals surface area contributed by atoms with Gasteiger partial charge in [0.15, 0.2) is 0 Å². The van der Waals surface area contributed by atoms with Crippen molar-refractivity contribution in [2.45, 2.75) is 213 Å². The average Bonchev–Trinajstić information content (AvgIpc) is 3.96. The summed E-state index contributed by atoms with van der Waals surface area (Å²) in [5.41, 5.74) is 0. The highest BCUT2D eigenvalue weighted by Crippen LogP contribution is 2.21. The zero-order valence-electron chi connectivity index (χ0n) is 42.4. The van der Waals surface area contributed by atoms with Crippen LogP contribution in [0.4, 0.5) is 0 Å². The van der Waals surface area contributed by atoms with E-state index in [9.17, 15) is 9.59 Å². The zero-order valence-corrected chi connectivity index (χ0v) is 42.4. The number of likely N-dealkylation sites (N-methyl/N-ethyl adjacent to an activating group) is 1. The SMILES string of the molecule is C.C.C.CC(C)CC(=O)CCN1CCCCC1.CC(C)CCC(=O)N1CCN(C)CC1.CC(C)COC1CCCC1.CC(C)OCCN1CCCC1.CC(C)OCCN1CCCCC1. The van der Waals surface area contributed by atoms with Gasteiger partial charge in [0, 0.05) is 71.7 Å². The minimum absolute atomic E-state index is 0. The van der Waals surface area contributed by atoms with Gasteiger partial charge in [-0.1, -0.05) is 89.5 Å². The van der Waals surface area contributed by atoms with Crippen molar-refractivity contribution in [3.05, 3.63) is 0 Å². The second-order valence-electron chi connectivity index (χ2n) is 20.3. The van der Waals surface area contributed by atoms with E-state index in [4.69, 9.17) is 14.2 Å². The average molecular weight is 915 g/mol. The lowest BCUT2D eigenvalue weighted by molar-refractivity contribution is -0.133. The maximum absolute atomic E-state index is 11.7. The molecule has 10 nitrogen and oxygen atoms in total. The maximum atomic E-state index is 11.7. The highest BCUT2D eigenvalue weighted by Gasteiger charge is 2.19. The molecule has 0 spiro atoms. The number of carbonyl (C=O) groups is 2. The first-order chi connectivity index (χ1) is 29.1. The van der Waals surface area contributed by atoms with E-state index < -0.39 is 0 Å². The van der Waals surface area contributed by atoms with Crippen LogP contribution in [0.15, 0.2) is 0 Å². The highest BCUT2D eigenvalue weighted by atomic mass is 16.5. The Kier molecular flexibility index (Phi) is 45.3. The summed E-state index contributed by atoms with van der Waals surface area (Å²) in [7, 11) is 2.11. The number of carbonyl (C=O) groups excluding carboxylic acids is 2. The van der Waals surface area contributed by atoms with Gasteiger partial charge in [-0.3, -0.25) is 9.59 Å². The first-order valence-electron chi connectivity index (χ1n) is 25.6. The molecule has 0 aromatic heterocycles. The molecule has 0 N–H and O–H groups in total. The predicted molar refractivity (Wildman–Crippen MR) is 279 cm³/mol. The van der Waals surface area contributed by atoms with Crippen LogP contribution < -0.4 is 0 Å². The molecule has 0 bridgehead atoms. The highest BCUT2D eigenvalue weighted by molar-refractivity contribution is 5.78. The normalized spacial score (nSPS) is 18.7. The van der Waals surface area contributed by atoms with Crippen molar-refractivity contribution in [3.8, 4) is 0 Å². The summed E-state index contributed by atoms with van der Waals surface area (Å²) in [6.45, 7) is 38.7. The molecule has 5 aliphatic rings. The van der Waals surface area contributed by atoms with Gasteiger partial charge >= 0.3 is 0 Å². The lowest BCUT2D eigenvalue weighted by Crippen LogP contribution is -2.47. The Labute approximate surface area is 401 Å². The van der Waals surface area contributed by atoms with E-state index in [0.717, 1.165) is 91.3 Å². The molecule has 1 aliphatic carbocycles. The van der Waals surface area contributed by atoms with Crippen molar-refractivity contribution in [1.82, 2.24) is 24.5 Å². The van der Waals surface area contributed by atoms with E-state index in [0.29, 0.717) is 47.8 Å². The van der Waals surface area contributed by atoms with Crippen molar-refractivity contribution in [3.63, 3.8) is 0 Å². The minimum atomic E-state index is 0. The fraction of sp³-hybridized carbons (Fsp3) is 0.963. The fourth-order valence-electron chi connectivity index (χ4n) is 8.06. The van der Waals surface area contributed by atoms with Crippen LogP contribution in [0.25, 0.3) is 0 Å². The number of nitrogens with zero attached hydrogens (tertiary/aromatic N) is 5. The number of rotatable bonds is 19. The van der Waals surface area contributed by atoms with Gasteiger partial charge in [-0.05, 0) is 150 Å². The van der Waals surface area contributed by atoms with Gasteiger partial charge in [-0.2, -0.15) is 0 Å². The number of Topliss-reactive ketones (excluding diaryl/α,β-unsaturated/α-hetero) is 1. The molecule has 4 aliphatic heterocycles. The van der Waals surface area contributed by atoms with E-state index >= 15 is 0 Å². The molecule has 0 atom stereocenters. The second kappa shape index (κ2) is 43.2. The minimum Gasteiger partial charge on any atom is -0.378 e. The first kappa shape index (κ1) is 67.1. The molecule has 0 radical (unpaired) electrons. The summed E-state index contributed by atoms with van der Waals surface area (Å²) >= 11 is 0. The number of piperazine rings is 1.